The molecule has 6 heteroatoms. The third-order valence-corrected chi connectivity index (χ3v) is 3.30. The van der Waals surface area contributed by atoms with Crippen LogP contribution in [0.1, 0.15) is 32.3 Å². The van der Waals surface area contributed by atoms with Gasteiger partial charge in [0.2, 0.25) is 5.78 Å². The number of Topliss-reactive ketones (excluding diaryl/α,β-unsaturated/α-hetero) is 1. The summed E-state index contributed by atoms with van der Waals surface area (Å²) in [6.07, 6.45) is -5.21. The zero-order valence-electron chi connectivity index (χ0n) is 11.7. The van der Waals surface area contributed by atoms with E-state index >= 15 is 0 Å². The lowest BCUT2D eigenvalue weighted by Gasteiger charge is -2.26. The van der Waals surface area contributed by atoms with E-state index in [1.54, 1.807) is 32.0 Å². The first-order valence-corrected chi connectivity index (χ1v) is 6.12. The minimum atomic E-state index is -4.77. The molecule has 0 aliphatic heterocycles. The molecule has 20 heavy (non-hydrogen) atoms. The van der Waals surface area contributed by atoms with Crippen molar-refractivity contribution in [3.05, 3.63) is 23.8 Å². The van der Waals surface area contributed by atoms with Crippen LogP contribution in [-0.2, 0) is 10.2 Å². The first-order valence-electron chi connectivity index (χ1n) is 6.12. The molecule has 0 saturated carbocycles. The first-order chi connectivity index (χ1) is 9.08. The average Bonchev–Trinajstić information content (AvgIpc) is 2.34. The van der Waals surface area contributed by atoms with Crippen LogP contribution in [0.25, 0.3) is 0 Å². The molecule has 0 amide bonds. The van der Waals surface area contributed by atoms with E-state index in [4.69, 9.17) is 10.5 Å². The third-order valence-electron chi connectivity index (χ3n) is 3.30. The molecule has 1 aromatic carbocycles. The van der Waals surface area contributed by atoms with Crippen molar-refractivity contribution >= 4 is 11.5 Å². The maximum Gasteiger partial charge on any atom is 0.449 e. The smallest absolute Gasteiger partial charge is 0.449 e. The van der Waals surface area contributed by atoms with E-state index in [1.165, 1.54) is 7.11 Å². The van der Waals surface area contributed by atoms with Crippen LogP contribution in [0.2, 0.25) is 0 Å². The lowest BCUT2D eigenvalue weighted by molar-refractivity contribution is -0.171. The Morgan fingerprint density at radius 3 is 2.35 bits per heavy atom. The van der Waals surface area contributed by atoms with Crippen molar-refractivity contribution in [3.8, 4) is 5.75 Å². The zero-order chi connectivity index (χ0) is 15.6. The maximum atomic E-state index is 12.2. The number of halogens is 3. The summed E-state index contributed by atoms with van der Waals surface area (Å²) >= 11 is 0. The Kier molecular flexibility index (Phi) is 4.68. The summed E-state index contributed by atoms with van der Waals surface area (Å²) in [6.45, 7) is 3.55. The summed E-state index contributed by atoms with van der Waals surface area (Å²) in [4.78, 5) is 10.9. The van der Waals surface area contributed by atoms with E-state index in [1.807, 2.05) is 0 Å². The number of ketones is 1. The van der Waals surface area contributed by atoms with Crippen molar-refractivity contribution in [2.45, 2.75) is 38.3 Å². The van der Waals surface area contributed by atoms with E-state index in [9.17, 15) is 18.0 Å². The Hall–Kier alpha value is -1.72. The number of alkyl halides is 3. The summed E-state index contributed by atoms with van der Waals surface area (Å²) in [5, 5.41) is 0. The fourth-order valence-electron chi connectivity index (χ4n) is 1.87. The van der Waals surface area contributed by atoms with E-state index in [-0.39, 0.29) is 6.42 Å². The van der Waals surface area contributed by atoms with Gasteiger partial charge in [-0.15, -0.1) is 0 Å². The number of ether oxygens (including phenoxy) is 1. The quantitative estimate of drug-likeness (QED) is 0.844. The van der Waals surface area contributed by atoms with Gasteiger partial charge in [0.1, 0.15) is 5.75 Å². The standard InChI is InChI=1S/C14H18F3NO2/c1-13(2,7-6-12(19)14(15,16)17)9-4-5-11(20-3)10(18)8-9/h4-5,8H,6-7,18H2,1-3H3. The molecule has 2 N–H and O–H groups in total. The van der Waals surface area contributed by atoms with Crippen LogP contribution in [0.15, 0.2) is 18.2 Å². The number of hydrogen-bond acceptors (Lipinski definition) is 3. The van der Waals surface area contributed by atoms with Gasteiger partial charge in [0.25, 0.3) is 0 Å². The van der Waals surface area contributed by atoms with Gasteiger partial charge in [-0.25, -0.2) is 0 Å². The molecular weight excluding hydrogens is 271 g/mol. The lowest BCUT2D eigenvalue weighted by Crippen LogP contribution is -2.26. The van der Waals surface area contributed by atoms with E-state index in [0.717, 1.165) is 5.56 Å². The largest absolute Gasteiger partial charge is 0.495 e. The van der Waals surface area contributed by atoms with E-state index < -0.39 is 23.8 Å². The Labute approximate surface area is 115 Å². The van der Waals surface area contributed by atoms with Crippen LogP contribution in [0.3, 0.4) is 0 Å². The molecule has 112 valence electrons. The third kappa shape index (κ3) is 3.88. The number of benzene rings is 1. The molecule has 0 bridgehead atoms. The number of carbonyl (C=O) groups excluding carboxylic acids is 1. The normalized spacial score (nSPS) is 12.3. The maximum absolute atomic E-state index is 12.2. The SMILES string of the molecule is COc1ccc(C(C)(C)CCC(=O)C(F)(F)F)cc1N. The Balaban J connectivity index is 2.83. The summed E-state index contributed by atoms with van der Waals surface area (Å²) in [7, 11) is 1.48. The van der Waals surface area contributed by atoms with Gasteiger partial charge >= 0.3 is 6.18 Å². The van der Waals surface area contributed by atoms with Crippen molar-refractivity contribution in [3.63, 3.8) is 0 Å². The second kappa shape index (κ2) is 5.73. The molecule has 1 rings (SSSR count). The molecule has 0 saturated heterocycles. The molecule has 0 radical (unpaired) electrons. The minimum Gasteiger partial charge on any atom is -0.495 e. The average molecular weight is 289 g/mol. The number of methoxy groups -OCH3 is 1. The highest BCUT2D eigenvalue weighted by atomic mass is 19.4. The van der Waals surface area contributed by atoms with Gasteiger partial charge in [0, 0.05) is 6.42 Å². The summed E-state index contributed by atoms with van der Waals surface area (Å²) in [5.74, 6) is -1.19. The second-order valence-electron chi connectivity index (χ2n) is 5.26. The molecule has 0 atom stereocenters. The number of carbonyl (C=O) groups is 1. The predicted molar refractivity (Wildman–Crippen MR) is 70.7 cm³/mol. The number of anilines is 1. The van der Waals surface area contributed by atoms with Gasteiger partial charge in [0.05, 0.1) is 12.8 Å². The van der Waals surface area contributed by atoms with Gasteiger partial charge in [-0.05, 0) is 29.5 Å². The summed E-state index contributed by atoms with van der Waals surface area (Å²) in [6, 6.07) is 5.07. The zero-order valence-corrected chi connectivity index (χ0v) is 11.7. The van der Waals surface area contributed by atoms with Crippen LogP contribution >= 0.6 is 0 Å². The van der Waals surface area contributed by atoms with E-state index in [2.05, 4.69) is 0 Å². The fourth-order valence-corrected chi connectivity index (χ4v) is 1.87. The molecule has 3 nitrogen and oxygen atoms in total. The Bertz CT molecular complexity index is 496. The highest BCUT2D eigenvalue weighted by molar-refractivity contribution is 5.84. The van der Waals surface area contributed by atoms with Crippen molar-refractivity contribution in [2.24, 2.45) is 0 Å². The molecule has 0 aromatic heterocycles. The highest BCUT2D eigenvalue weighted by Gasteiger charge is 2.38. The molecule has 0 spiro atoms. The van der Waals surface area contributed by atoms with Crippen LogP contribution in [0.5, 0.6) is 5.75 Å². The number of hydrogen-bond donors (Lipinski definition) is 1. The Morgan fingerprint density at radius 2 is 1.90 bits per heavy atom. The van der Waals surface area contributed by atoms with Crippen molar-refractivity contribution in [1.29, 1.82) is 0 Å². The minimum absolute atomic E-state index is 0.0944. The molecule has 0 aliphatic rings. The molecule has 0 aliphatic carbocycles. The summed E-state index contributed by atoms with van der Waals surface area (Å²) < 4.78 is 41.6. The van der Waals surface area contributed by atoms with Crippen LogP contribution in [-0.4, -0.2) is 19.1 Å². The van der Waals surface area contributed by atoms with Gasteiger partial charge in [-0.3, -0.25) is 4.79 Å². The van der Waals surface area contributed by atoms with Gasteiger partial charge in [0.15, 0.2) is 0 Å². The van der Waals surface area contributed by atoms with Crippen molar-refractivity contribution in [2.75, 3.05) is 12.8 Å². The molecular formula is C14H18F3NO2. The van der Waals surface area contributed by atoms with Crippen LogP contribution in [0.4, 0.5) is 18.9 Å². The topological polar surface area (TPSA) is 52.3 Å². The van der Waals surface area contributed by atoms with Crippen molar-refractivity contribution in [1.82, 2.24) is 0 Å². The molecule has 1 aromatic rings. The first kappa shape index (κ1) is 16.3. The second-order valence-corrected chi connectivity index (χ2v) is 5.26. The monoisotopic (exact) mass is 289 g/mol. The lowest BCUT2D eigenvalue weighted by atomic mass is 9.80. The molecule has 0 heterocycles. The number of rotatable bonds is 5. The fraction of sp³-hybridized carbons (Fsp3) is 0.500. The number of nitrogens with two attached hydrogens (primary N) is 1. The molecule has 0 fully saturated rings. The highest BCUT2D eigenvalue weighted by Crippen LogP contribution is 2.34. The van der Waals surface area contributed by atoms with Gasteiger partial charge in [-0.2, -0.15) is 13.2 Å². The van der Waals surface area contributed by atoms with E-state index in [0.29, 0.717) is 11.4 Å². The number of nitrogen functional groups attached to an aromatic ring is 1. The van der Waals surface area contributed by atoms with Gasteiger partial charge < -0.3 is 10.5 Å². The molecule has 0 unspecified atom stereocenters. The Morgan fingerprint density at radius 1 is 1.30 bits per heavy atom. The van der Waals surface area contributed by atoms with Crippen LogP contribution in [0, 0.1) is 0 Å². The predicted octanol–water partition coefficient (Wildman–Crippen LogP) is 3.47. The van der Waals surface area contributed by atoms with Crippen LogP contribution < -0.4 is 10.5 Å². The van der Waals surface area contributed by atoms with Gasteiger partial charge in [-0.1, -0.05) is 19.9 Å². The summed E-state index contributed by atoms with van der Waals surface area (Å²) in [5.41, 5.74) is 6.39. The van der Waals surface area contributed by atoms with Crippen molar-refractivity contribution < 1.29 is 22.7 Å².